The normalized spacial score (nSPS) is 18.2. The number of benzene rings is 1. The van der Waals surface area contributed by atoms with Crippen molar-refractivity contribution in [3.8, 4) is 5.75 Å². The fourth-order valence-corrected chi connectivity index (χ4v) is 2.90. The molecule has 1 unspecified atom stereocenters. The van der Waals surface area contributed by atoms with Crippen molar-refractivity contribution in [1.82, 2.24) is 4.90 Å². The minimum atomic E-state index is -0.735. The van der Waals surface area contributed by atoms with Crippen molar-refractivity contribution in [3.63, 3.8) is 0 Å². The summed E-state index contributed by atoms with van der Waals surface area (Å²) in [6.45, 7) is 6.07. The number of nitrogens with zero attached hydrogens (tertiary/aromatic N) is 1. The van der Waals surface area contributed by atoms with Gasteiger partial charge in [-0.1, -0.05) is 32.9 Å². The van der Waals surface area contributed by atoms with Gasteiger partial charge in [-0.15, -0.1) is 0 Å². The first-order valence-electron chi connectivity index (χ1n) is 8.25. The first-order valence-corrected chi connectivity index (χ1v) is 8.25. The maximum absolute atomic E-state index is 12.9. The smallest absolute Gasteiger partial charge is 0.290 e. The van der Waals surface area contributed by atoms with Gasteiger partial charge in [0.15, 0.2) is 11.5 Å². The van der Waals surface area contributed by atoms with Crippen LogP contribution < -0.4 is 0 Å². The number of hydrogen-bond acceptors (Lipinski definition) is 5. The molecule has 1 atom stereocenters. The molecule has 6 heteroatoms. The van der Waals surface area contributed by atoms with Gasteiger partial charge in [-0.05, 0) is 24.1 Å². The van der Waals surface area contributed by atoms with Gasteiger partial charge in [0.05, 0.1) is 11.6 Å². The second kappa shape index (κ2) is 7.27. The Morgan fingerprint density at radius 1 is 1.20 bits per heavy atom. The highest BCUT2D eigenvalue weighted by atomic mass is 16.5. The van der Waals surface area contributed by atoms with Crippen LogP contribution in [0.2, 0.25) is 0 Å². The van der Waals surface area contributed by atoms with Gasteiger partial charge in [-0.25, -0.2) is 0 Å². The number of phenols is 1. The zero-order chi connectivity index (χ0) is 18.8. The number of ether oxygens (including phenoxy) is 1. The van der Waals surface area contributed by atoms with Crippen molar-refractivity contribution in [2.75, 3.05) is 20.3 Å². The van der Waals surface area contributed by atoms with Crippen LogP contribution >= 0.6 is 0 Å². The average molecular weight is 347 g/mol. The van der Waals surface area contributed by atoms with Crippen LogP contribution in [-0.4, -0.2) is 47.1 Å². The van der Waals surface area contributed by atoms with E-state index in [1.807, 2.05) is 0 Å². The Kier molecular flexibility index (Phi) is 5.52. The molecule has 1 aliphatic heterocycles. The van der Waals surface area contributed by atoms with E-state index in [9.17, 15) is 19.8 Å². The Morgan fingerprint density at radius 2 is 1.80 bits per heavy atom. The summed E-state index contributed by atoms with van der Waals surface area (Å²) in [5, 5.41) is 19.9. The molecular weight excluding hydrogens is 322 g/mol. The van der Waals surface area contributed by atoms with E-state index in [1.165, 1.54) is 17.0 Å². The monoisotopic (exact) mass is 347 g/mol. The molecule has 1 heterocycles. The Bertz CT molecular complexity index is 685. The third-order valence-electron chi connectivity index (χ3n) is 4.19. The van der Waals surface area contributed by atoms with E-state index in [1.54, 1.807) is 40.0 Å². The lowest BCUT2D eigenvalue weighted by atomic mass is 9.82. The molecule has 136 valence electrons. The van der Waals surface area contributed by atoms with E-state index in [2.05, 4.69) is 0 Å². The van der Waals surface area contributed by atoms with Crippen LogP contribution in [0, 0.1) is 5.41 Å². The van der Waals surface area contributed by atoms with E-state index >= 15 is 0 Å². The van der Waals surface area contributed by atoms with E-state index in [0.29, 0.717) is 25.1 Å². The molecule has 2 N–H and O–H groups in total. The summed E-state index contributed by atoms with van der Waals surface area (Å²) >= 11 is 0. The number of rotatable bonds is 6. The molecule has 0 saturated carbocycles. The van der Waals surface area contributed by atoms with Crippen LogP contribution in [0.4, 0.5) is 0 Å². The van der Waals surface area contributed by atoms with Crippen LogP contribution in [0.1, 0.15) is 38.8 Å². The Balaban J connectivity index is 2.48. The molecule has 2 rings (SSSR count). The number of aromatic hydroxyl groups is 1. The molecule has 1 aromatic carbocycles. The third kappa shape index (κ3) is 3.85. The van der Waals surface area contributed by atoms with Crippen molar-refractivity contribution in [1.29, 1.82) is 0 Å². The molecule has 0 aromatic heterocycles. The topological polar surface area (TPSA) is 87.1 Å². The van der Waals surface area contributed by atoms with E-state index in [0.717, 1.165) is 0 Å². The van der Waals surface area contributed by atoms with Gasteiger partial charge >= 0.3 is 0 Å². The predicted octanol–water partition coefficient (Wildman–Crippen LogP) is 2.74. The predicted molar refractivity (Wildman–Crippen MR) is 93.2 cm³/mol. The number of phenolic OH excluding ortho intramolecular Hbond substituents is 1. The van der Waals surface area contributed by atoms with Crippen LogP contribution in [0.15, 0.2) is 35.6 Å². The number of hydrogen-bond donors (Lipinski definition) is 2. The van der Waals surface area contributed by atoms with Gasteiger partial charge < -0.3 is 19.8 Å². The first kappa shape index (κ1) is 19.0. The van der Waals surface area contributed by atoms with Gasteiger partial charge in [0.2, 0.25) is 0 Å². The molecule has 25 heavy (non-hydrogen) atoms. The number of carbonyl (C=O) groups excluding carboxylic acids is 2. The van der Waals surface area contributed by atoms with Gasteiger partial charge in [0.25, 0.3) is 5.91 Å². The van der Waals surface area contributed by atoms with Crippen molar-refractivity contribution in [2.24, 2.45) is 5.41 Å². The number of aliphatic hydroxyl groups excluding tert-OH is 1. The summed E-state index contributed by atoms with van der Waals surface area (Å²) < 4.78 is 5.03. The minimum Gasteiger partial charge on any atom is -0.508 e. The molecule has 0 spiro atoms. The van der Waals surface area contributed by atoms with E-state index in [4.69, 9.17) is 4.74 Å². The average Bonchev–Trinajstić information content (AvgIpc) is 2.79. The summed E-state index contributed by atoms with van der Waals surface area (Å²) in [7, 11) is 1.58. The molecule has 0 bridgehead atoms. The lowest BCUT2D eigenvalue weighted by Gasteiger charge is -2.28. The number of carbonyl (C=O) groups is 2. The fourth-order valence-electron chi connectivity index (χ4n) is 2.90. The van der Waals surface area contributed by atoms with Gasteiger partial charge in [-0.2, -0.15) is 0 Å². The second-order valence-electron chi connectivity index (χ2n) is 7.18. The summed E-state index contributed by atoms with van der Waals surface area (Å²) in [5.41, 5.74) is 0.0437. The highest BCUT2D eigenvalue weighted by Gasteiger charge is 2.45. The highest BCUT2D eigenvalue weighted by Crippen LogP contribution is 2.41. The number of ketones is 1. The lowest BCUT2D eigenvalue weighted by Crippen LogP contribution is -2.34. The Hall–Kier alpha value is -2.34. The quantitative estimate of drug-likeness (QED) is 0.773. The first-order chi connectivity index (χ1) is 11.7. The van der Waals surface area contributed by atoms with Gasteiger partial charge in [0.1, 0.15) is 5.75 Å². The Labute approximate surface area is 147 Å². The molecule has 0 aliphatic carbocycles. The summed E-state index contributed by atoms with van der Waals surface area (Å²) in [6.07, 6.45) is 0.584. The SMILES string of the molecule is COCCCN1C(=O)C(O)=C(C(=O)C(C)(C)C)C1c1ccc(O)cc1. The molecule has 6 nitrogen and oxygen atoms in total. The second-order valence-corrected chi connectivity index (χ2v) is 7.18. The van der Waals surface area contributed by atoms with Crippen molar-refractivity contribution in [3.05, 3.63) is 41.2 Å². The maximum Gasteiger partial charge on any atom is 0.290 e. The third-order valence-corrected chi connectivity index (χ3v) is 4.19. The zero-order valence-corrected chi connectivity index (χ0v) is 15.1. The molecule has 1 aromatic rings. The van der Waals surface area contributed by atoms with Crippen LogP contribution in [0.3, 0.4) is 0 Å². The van der Waals surface area contributed by atoms with Crippen molar-refractivity contribution < 1.29 is 24.5 Å². The molecule has 0 saturated heterocycles. The minimum absolute atomic E-state index is 0.0934. The van der Waals surface area contributed by atoms with Gasteiger partial charge in [0, 0.05) is 25.7 Å². The largest absolute Gasteiger partial charge is 0.508 e. The maximum atomic E-state index is 12.9. The van der Waals surface area contributed by atoms with E-state index in [-0.39, 0.29) is 17.1 Å². The number of aliphatic hydroxyl groups is 1. The van der Waals surface area contributed by atoms with E-state index < -0.39 is 23.1 Å². The van der Waals surface area contributed by atoms with Crippen LogP contribution in [-0.2, 0) is 14.3 Å². The van der Waals surface area contributed by atoms with Crippen LogP contribution in [0.5, 0.6) is 5.75 Å². The number of methoxy groups -OCH3 is 1. The zero-order valence-electron chi connectivity index (χ0n) is 15.1. The van der Waals surface area contributed by atoms with Crippen LogP contribution in [0.25, 0.3) is 0 Å². The summed E-state index contributed by atoms with van der Waals surface area (Å²) in [4.78, 5) is 26.9. The number of amides is 1. The highest BCUT2D eigenvalue weighted by molar-refractivity contribution is 6.10. The van der Waals surface area contributed by atoms with Crippen molar-refractivity contribution >= 4 is 11.7 Å². The molecule has 1 aliphatic rings. The molecule has 0 radical (unpaired) electrons. The lowest BCUT2D eigenvalue weighted by molar-refractivity contribution is -0.129. The van der Waals surface area contributed by atoms with Gasteiger partial charge in [-0.3, -0.25) is 9.59 Å². The molecule has 0 fully saturated rings. The number of Topliss-reactive ketones (excluding diaryl/α,β-unsaturated/α-hetero) is 1. The summed E-state index contributed by atoms with van der Waals surface area (Å²) in [6, 6.07) is 5.65. The Morgan fingerprint density at radius 3 is 2.32 bits per heavy atom. The van der Waals surface area contributed by atoms with Crippen molar-refractivity contribution in [2.45, 2.75) is 33.2 Å². The molecular formula is C19H25NO5. The summed E-state index contributed by atoms with van der Waals surface area (Å²) in [5.74, 6) is -1.22. The molecule has 1 amide bonds. The standard InChI is InChI=1S/C19H25NO5/c1-19(2,3)17(23)14-15(12-6-8-13(21)9-7-12)20(10-5-11-25-4)18(24)16(14)22/h6-9,15,21-22H,5,10-11H2,1-4H3. The fraction of sp³-hybridized carbons (Fsp3) is 0.474.